The topological polar surface area (TPSA) is 96.9 Å². The summed E-state index contributed by atoms with van der Waals surface area (Å²) in [6.07, 6.45) is 2.12. The van der Waals surface area contributed by atoms with Crippen LogP contribution in [0.2, 0.25) is 0 Å². The first kappa shape index (κ1) is 20.2. The van der Waals surface area contributed by atoms with E-state index in [2.05, 4.69) is 27.9 Å². The maximum atomic E-state index is 12.2. The van der Waals surface area contributed by atoms with Gasteiger partial charge in [0.1, 0.15) is 5.75 Å². The highest BCUT2D eigenvalue weighted by atomic mass is 35.5. The smallest absolute Gasteiger partial charge is 0.345 e. The van der Waals surface area contributed by atoms with Crippen molar-refractivity contribution in [3.8, 4) is 17.0 Å². The zero-order chi connectivity index (χ0) is 19.1. The lowest BCUT2D eigenvalue weighted by Crippen LogP contribution is -2.44. The van der Waals surface area contributed by atoms with Crippen molar-refractivity contribution in [2.45, 2.75) is 19.3 Å². The lowest BCUT2D eigenvalue weighted by atomic mass is 9.99. The van der Waals surface area contributed by atoms with Crippen molar-refractivity contribution in [2.75, 3.05) is 38.1 Å². The number of pyridine rings is 1. The van der Waals surface area contributed by atoms with Crippen molar-refractivity contribution in [3.05, 3.63) is 45.2 Å². The molecule has 1 aromatic heterocycles. The Morgan fingerprint density at radius 1 is 1.14 bits per heavy atom. The van der Waals surface area contributed by atoms with Crippen molar-refractivity contribution >= 4 is 24.1 Å². The maximum absolute atomic E-state index is 12.2. The molecule has 1 aliphatic carbocycles. The molecule has 0 radical (unpaired) electrons. The number of H-pyrrole nitrogens is 1. The molecule has 0 unspecified atom stereocenters. The predicted molar refractivity (Wildman–Crippen MR) is 110 cm³/mol. The number of hydrogen-bond donors (Lipinski definition) is 3. The number of anilines is 1. The average molecular weight is 406 g/mol. The molecular weight excluding hydrogens is 382 g/mol. The molecule has 0 atom stereocenters. The summed E-state index contributed by atoms with van der Waals surface area (Å²) in [5.41, 5.74) is 2.85. The van der Waals surface area contributed by atoms with Gasteiger partial charge in [0.15, 0.2) is 5.56 Å². The maximum Gasteiger partial charge on any atom is 0.345 e. The number of aromatic carboxylic acids is 1. The number of rotatable bonds is 2. The predicted octanol–water partition coefficient (Wildman–Crippen LogP) is 2.11. The summed E-state index contributed by atoms with van der Waals surface area (Å²) in [5.74, 6) is -1.82. The van der Waals surface area contributed by atoms with E-state index >= 15 is 0 Å². The van der Waals surface area contributed by atoms with Gasteiger partial charge in [0, 0.05) is 43.0 Å². The molecule has 3 N–H and O–H groups in total. The molecule has 2 aromatic rings. The average Bonchev–Trinajstić information content (AvgIpc) is 2.81. The number of fused-ring (bicyclic) bond motifs is 3. The number of carbonyl (C=O) groups is 1. The summed E-state index contributed by atoms with van der Waals surface area (Å²) in [6.45, 7) is 4.01. The number of nitrogens with zero attached hydrogens (tertiary/aromatic N) is 2. The number of piperazine rings is 1. The van der Waals surface area contributed by atoms with E-state index < -0.39 is 22.8 Å². The van der Waals surface area contributed by atoms with Gasteiger partial charge in [-0.1, -0.05) is 6.07 Å². The lowest BCUT2D eigenvalue weighted by Gasteiger charge is -2.34. The van der Waals surface area contributed by atoms with E-state index in [4.69, 9.17) is 0 Å². The zero-order valence-corrected chi connectivity index (χ0v) is 16.5. The van der Waals surface area contributed by atoms with Crippen LogP contribution in [0.4, 0.5) is 5.69 Å². The summed E-state index contributed by atoms with van der Waals surface area (Å²) in [4.78, 5) is 30.9. The van der Waals surface area contributed by atoms with Gasteiger partial charge in [-0.2, -0.15) is 0 Å². The summed E-state index contributed by atoms with van der Waals surface area (Å²) >= 11 is 0. The molecule has 2 aliphatic rings. The van der Waals surface area contributed by atoms with Crippen LogP contribution in [0.25, 0.3) is 11.3 Å². The van der Waals surface area contributed by atoms with Crippen LogP contribution < -0.4 is 10.5 Å². The van der Waals surface area contributed by atoms with Crippen molar-refractivity contribution in [3.63, 3.8) is 0 Å². The summed E-state index contributed by atoms with van der Waals surface area (Å²) in [5, 5.41) is 19.6. The van der Waals surface area contributed by atoms with E-state index in [-0.39, 0.29) is 12.4 Å². The highest BCUT2D eigenvalue weighted by Crippen LogP contribution is 2.37. The zero-order valence-electron chi connectivity index (χ0n) is 15.7. The number of halogens is 1. The molecule has 0 spiro atoms. The van der Waals surface area contributed by atoms with Crippen LogP contribution in [0.15, 0.2) is 23.0 Å². The van der Waals surface area contributed by atoms with Gasteiger partial charge in [0.05, 0.1) is 5.69 Å². The van der Waals surface area contributed by atoms with Gasteiger partial charge in [-0.05, 0) is 44.0 Å². The Balaban J connectivity index is 0.00000225. The molecule has 1 saturated heterocycles. The first-order valence-electron chi connectivity index (χ1n) is 9.24. The van der Waals surface area contributed by atoms with Gasteiger partial charge in [0.2, 0.25) is 0 Å². The largest absolute Gasteiger partial charge is 0.506 e. The van der Waals surface area contributed by atoms with Gasteiger partial charge >= 0.3 is 5.97 Å². The van der Waals surface area contributed by atoms with Crippen LogP contribution in [0, 0.1) is 0 Å². The Morgan fingerprint density at radius 2 is 1.86 bits per heavy atom. The number of aromatic amines is 1. The second-order valence-electron chi connectivity index (χ2n) is 7.32. The highest BCUT2D eigenvalue weighted by molar-refractivity contribution is 5.92. The second-order valence-corrected chi connectivity index (χ2v) is 7.32. The monoisotopic (exact) mass is 405 g/mol. The minimum Gasteiger partial charge on any atom is -0.506 e. The Hall–Kier alpha value is -2.51. The van der Waals surface area contributed by atoms with Crippen LogP contribution in [0.3, 0.4) is 0 Å². The summed E-state index contributed by atoms with van der Waals surface area (Å²) in [7, 11) is 2.12. The number of aromatic hydroxyl groups is 1. The Labute approximate surface area is 169 Å². The lowest BCUT2D eigenvalue weighted by molar-refractivity contribution is 0.0691. The molecule has 1 aliphatic heterocycles. The van der Waals surface area contributed by atoms with E-state index in [1.54, 1.807) is 0 Å². The van der Waals surface area contributed by atoms with Gasteiger partial charge in [-0.25, -0.2) is 4.79 Å². The minimum atomic E-state index is -1.41. The molecule has 150 valence electrons. The van der Waals surface area contributed by atoms with Crippen LogP contribution in [-0.4, -0.2) is 59.3 Å². The molecule has 0 saturated carbocycles. The molecule has 7 nitrogen and oxygen atoms in total. The van der Waals surface area contributed by atoms with Gasteiger partial charge < -0.3 is 25.0 Å². The normalized spacial score (nSPS) is 16.5. The third kappa shape index (κ3) is 3.47. The Kier molecular flexibility index (Phi) is 5.67. The molecule has 2 heterocycles. The Bertz CT molecular complexity index is 965. The van der Waals surface area contributed by atoms with Gasteiger partial charge in [-0.15, -0.1) is 12.4 Å². The van der Waals surface area contributed by atoms with E-state index in [0.29, 0.717) is 17.7 Å². The molecule has 1 aromatic carbocycles. The van der Waals surface area contributed by atoms with Gasteiger partial charge in [0.25, 0.3) is 5.56 Å². The molecule has 1 fully saturated rings. The van der Waals surface area contributed by atoms with Crippen molar-refractivity contribution < 1.29 is 15.0 Å². The molecule has 4 rings (SSSR count). The minimum absolute atomic E-state index is 0. The molecule has 8 heteroatoms. The first-order valence-corrected chi connectivity index (χ1v) is 9.24. The quantitative estimate of drug-likeness (QED) is 0.708. The van der Waals surface area contributed by atoms with E-state index in [1.807, 2.05) is 12.1 Å². The number of nitrogens with one attached hydrogen (secondary N) is 1. The first-order chi connectivity index (χ1) is 13.0. The fourth-order valence-corrected chi connectivity index (χ4v) is 4.05. The number of carboxylic acids is 1. The van der Waals surface area contributed by atoms with Gasteiger partial charge in [-0.3, -0.25) is 4.79 Å². The van der Waals surface area contributed by atoms with Crippen molar-refractivity contribution in [1.82, 2.24) is 9.88 Å². The highest BCUT2D eigenvalue weighted by Gasteiger charge is 2.26. The number of aryl methyl sites for hydroxylation is 1. The summed E-state index contributed by atoms with van der Waals surface area (Å²) in [6, 6.07) is 6.18. The molecule has 0 amide bonds. The van der Waals surface area contributed by atoms with E-state index in [0.717, 1.165) is 50.1 Å². The fraction of sp³-hybridized carbons (Fsp3) is 0.400. The number of benzene rings is 1. The van der Waals surface area contributed by atoms with E-state index in [9.17, 15) is 19.8 Å². The van der Waals surface area contributed by atoms with E-state index in [1.165, 1.54) is 5.69 Å². The molecule has 0 bridgehead atoms. The van der Waals surface area contributed by atoms with Crippen LogP contribution >= 0.6 is 12.4 Å². The molecular formula is C20H24ClN3O4. The van der Waals surface area contributed by atoms with Crippen LogP contribution in [-0.2, 0) is 12.8 Å². The number of carboxylic acid groups (broad SMARTS) is 1. The SMILES string of the molecule is CN1CCN(c2ccc3c(c2)CCCc2c-3[nH]c(=O)c(C(=O)O)c2O)CC1.Cl. The number of aromatic nitrogens is 1. The summed E-state index contributed by atoms with van der Waals surface area (Å²) < 4.78 is 0. The fourth-order valence-electron chi connectivity index (χ4n) is 4.05. The van der Waals surface area contributed by atoms with Crippen LogP contribution in [0.1, 0.15) is 27.9 Å². The third-order valence-corrected chi connectivity index (χ3v) is 5.60. The standard InChI is InChI=1S/C20H23N3O4.ClH/c1-22-7-9-23(10-8-22)13-5-6-14-12(11-13)3-2-4-15-17(14)21-19(25)16(18(15)24)20(26)27;/h5-6,11H,2-4,7-10H2,1H3,(H,26,27)(H2,21,24,25);1H. The molecule has 28 heavy (non-hydrogen) atoms. The second kappa shape index (κ2) is 7.85. The number of likely N-dealkylation sites (N-methyl/N-ethyl adjacent to an activating group) is 1. The Morgan fingerprint density at radius 3 is 2.54 bits per heavy atom. The van der Waals surface area contributed by atoms with Crippen molar-refractivity contribution in [2.24, 2.45) is 0 Å². The number of hydrogen-bond acceptors (Lipinski definition) is 5. The van der Waals surface area contributed by atoms with Crippen molar-refractivity contribution in [1.29, 1.82) is 0 Å². The third-order valence-electron chi connectivity index (χ3n) is 5.60. The van der Waals surface area contributed by atoms with Crippen LogP contribution in [0.5, 0.6) is 5.75 Å².